The molecule has 0 aliphatic carbocycles. The molecule has 94 valence electrons. The number of carbonyl (C=O) groups excluding carboxylic acids is 1. The number of hydrogen-bond acceptors (Lipinski definition) is 3. The van der Waals surface area contributed by atoms with Gasteiger partial charge in [0.05, 0.1) is 17.2 Å². The third-order valence-electron chi connectivity index (χ3n) is 2.41. The van der Waals surface area contributed by atoms with E-state index in [1.165, 1.54) is 0 Å². The lowest BCUT2D eigenvalue weighted by Gasteiger charge is -2.13. The van der Waals surface area contributed by atoms with E-state index in [2.05, 4.69) is 5.32 Å². The maximum Gasteiger partial charge on any atom is 0.179 e. The minimum atomic E-state index is -0.220. The number of benzene rings is 1. The number of ketones is 1. The summed E-state index contributed by atoms with van der Waals surface area (Å²) in [7, 11) is 1.75. The number of likely N-dealkylation sites (N-methyl/N-ethyl adjacent to an activating group) is 1. The van der Waals surface area contributed by atoms with Crippen molar-refractivity contribution in [1.82, 2.24) is 5.32 Å². The molecule has 0 heterocycles. The van der Waals surface area contributed by atoms with Crippen LogP contribution in [0.2, 0.25) is 5.02 Å². The summed E-state index contributed by atoms with van der Waals surface area (Å²) < 4.78 is 5.51. The van der Waals surface area contributed by atoms with E-state index < -0.39 is 0 Å². The summed E-state index contributed by atoms with van der Waals surface area (Å²) in [5.41, 5.74) is 0.591. The van der Waals surface area contributed by atoms with Crippen LogP contribution in [0, 0.1) is 0 Å². The molecule has 0 bridgehead atoms. The van der Waals surface area contributed by atoms with Gasteiger partial charge >= 0.3 is 0 Å². The normalized spacial score (nSPS) is 12.6. The molecule has 1 unspecified atom stereocenters. The zero-order valence-corrected chi connectivity index (χ0v) is 11.3. The monoisotopic (exact) mass is 255 g/mol. The second-order valence-corrected chi connectivity index (χ2v) is 4.59. The van der Waals surface area contributed by atoms with Crippen LogP contribution in [-0.2, 0) is 0 Å². The van der Waals surface area contributed by atoms with Gasteiger partial charge in [0.15, 0.2) is 5.78 Å². The summed E-state index contributed by atoms with van der Waals surface area (Å²) in [4.78, 5) is 11.9. The number of halogens is 1. The molecule has 0 saturated heterocycles. The zero-order chi connectivity index (χ0) is 13.0. The molecule has 0 spiro atoms. The fourth-order valence-corrected chi connectivity index (χ4v) is 1.61. The molecule has 1 aromatic carbocycles. The number of carbonyl (C=O) groups is 1. The van der Waals surface area contributed by atoms with Crippen molar-refractivity contribution in [3.05, 3.63) is 28.8 Å². The first-order valence-electron chi connectivity index (χ1n) is 5.63. The predicted octanol–water partition coefficient (Wildman–Crippen LogP) is 2.92. The summed E-state index contributed by atoms with van der Waals surface area (Å²) in [5.74, 6) is 0.626. The molecule has 0 radical (unpaired) electrons. The van der Waals surface area contributed by atoms with E-state index in [-0.39, 0.29) is 17.9 Å². The Morgan fingerprint density at radius 1 is 1.35 bits per heavy atom. The SMILES string of the molecule is CNC(C)C(=O)c1ccc(OC(C)C)c(Cl)c1. The van der Waals surface area contributed by atoms with Gasteiger partial charge in [0.1, 0.15) is 5.75 Å². The lowest BCUT2D eigenvalue weighted by molar-refractivity contribution is 0.0955. The van der Waals surface area contributed by atoms with Crippen molar-refractivity contribution in [1.29, 1.82) is 0 Å². The molecular formula is C13H18ClNO2. The van der Waals surface area contributed by atoms with Crippen molar-refractivity contribution in [3.63, 3.8) is 0 Å². The molecular weight excluding hydrogens is 238 g/mol. The second kappa shape index (κ2) is 6.03. The number of Topliss-reactive ketones (excluding diaryl/α,β-unsaturated/α-hetero) is 1. The van der Waals surface area contributed by atoms with Crippen molar-refractivity contribution >= 4 is 17.4 Å². The van der Waals surface area contributed by atoms with Crippen LogP contribution in [0.3, 0.4) is 0 Å². The topological polar surface area (TPSA) is 38.3 Å². The number of nitrogens with one attached hydrogen (secondary N) is 1. The molecule has 0 fully saturated rings. The van der Waals surface area contributed by atoms with Gasteiger partial charge in [-0.05, 0) is 46.0 Å². The summed E-state index contributed by atoms with van der Waals surface area (Å²) in [6.07, 6.45) is 0.0604. The first kappa shape index (κ1) is 14.0. The van der Waals surface area contributed by atoms with Crippen LogP contribution in [0.25, 0.3) is 0 Å². The third-order valence-corrected chi connectivity index (χ3v) is 2.70. The Bertz CT molecular complexity index is 404. The molecule has 0 amide bonds. The Morgan fingerprint density at radius 2 is 2.00 bits per heavy atom. The van der Waals surface area contributed by atoms with Crippen LogP contribution >= 0.6 is 11.6 Å². The van der Waals surface area contributed by atoms with E-state index in [0.717, 1.165) is 0 Å². The highest BCUT2D eigenvalue weighted by Gasteiger charge is 2.15. The third kappa shape index (κ3) is 3.72. The van der Waals surface area contributed by atoms with Crippen LogP contribution in [0.4, 0.5) is 0 Å². The summed E-state index contributed by atoms with van der Waals surface area (Å²) in [6, 6.07) is 4.90. The Labute approximate surface area is 107 Å². The van der Waals surface area contributed by atoms with Gasteiger partial charge in [-0.2, -0.15) is 0 Å². The lowest BCUT2D eigenvalue weighted by atomic mass is 10.1. The van der Waals surface area contributed by atoms with Gasteiger partial charge in [-0.25, -0.2) is 0 Å². The van der Waals surface area contributed by atoms with E-state index in [1.807, 2.05) is 20.8 Å². The molecule has 0 aromatic heterocycles. The van der Waals surface area contributed by atoms with Gasteiger partial charge in [0.25, 0.3) is 0 Å². The maximum atomic E-state index is 11.9. The highest BCUT2D eigenvalue weighted by Crippen LogP contribution is 2.26. The molecule has 0 aliphatic rings. The van der Waals surface area contributed by atoms with Crippen molar-refractivity contribution in [2.75, 3.05) is 7.05 Å². The second-order valence-electron chi connectivity index (χ2n) is 4.19. The van der Waals surface area contributed by atoms with Crippen LogP contribution in [0.5, 0.6) is 5.75 Å². The number of hydrogen-bond donors (Lipinski definition) is 1. The van der Waals surface area contributed by atoms with Gasteiger partial charge in [-0.3, -0.25) is 4.79 Å². The molecule has 4 heteroatoms. The minimum absolute atomic E-state index is 0.0190. The summed E-state index contributed by atoms with van der Waals surface area (Å²) in [5, 5.41) is 3.37. The van der Waals surface area contributed by atoms with Crippen molar-refractivity contribution in [3.8, 4) is 5.75 Å². The minimum Gasteiger partial charge on any atom is -0.489 e. The van der Waals surface area contributed by atoms with Gasteiger partial charge in [0, 0.05) is 5.56 Å². The van der Waals surface area contributed by atoms with Gasteiger partial charge in [0.2, 0.25) is 0 Å². The van der Waals surface area contributed by atoms with Crippen LogP contribution in [0.1, 0.15) is 31.1 Å². The highest BCUT2D eigenvalue weighted by atomic mass is 35.5. The first-order valence-corrected chi connectivity index (χ1v) is 6.01. The Balaban J connectivity index is 2.92. The molecule has 1 N–H and O–H groups in total. The molecule has 0 saturated carbocycles. The number of rotatable bonds is 5. The van der Waals surface area contributed by atoms with E-state index in [1.54, 1.807) is 25.2 Å². The Kier molecular flexibility index (Phi) is 4.97. The average molecular weight is 256 g/mol. The van der Waals surface area contributed by atoms with Crippen LogP contribution in [0.15, 0.2) is 18.2 Å². The smallest absolute Gasteiger partial charge is 0.179 e. The molecule has 3 nitrogen and oxygen atoms in total. The fraction of sp³-hybridized carbons (Fsp3) is 0.462. The Hall–Kier alpha value is -1.06. The molecule has 1 atom stereocenters. The van der Waals surface area contributed by atoms with Crippen LogP contribution in [-0.4, -0.2) is 25.0 Å². The summed E-state index contributed by atoms with van der Waals surface area (Å²) in [6.45, 7) is 5.67. The van der Waals surface area contributed by atoms with Crippen molar-refractivity contribution in [2.24, 2.45) is 0 Å². The van der Waals surface area contributed by atoms with E-state index in [0.29, 0.717) is 16.3 Å². The van der Waals surface area contributed by atoms with Gasteiger partial charge in [-0.1, -0.05) is 11.6 Å². The molecule has 1 aromatic rings. The standard InChI is InChI=1S/C13H18ClNO2/c1-8(2)17-12-6-5-10(7-11(12)14)13(16)9(3)15-4/h5-9,15H,1-4H3. The van der Waals surface area contributed by atoms with Crippen LogP contribution < -0.4 is 10.1 Å². The largest absolute Gasteiger partial charge is 0.489 e. The quantitative estimate of drug-likeness (QED) is 0.823. The lowest BCUT2D eigenvalue weighted by Crippen LogP contribution is -2.30. The number of ether oxygens (including phenoxy) is 1. The van der Waals surface area contributed by atoms with Crippen molar-refractivity contribution in [2.45, 2.75) is 32.9 Å². The average Bonchev–Trinajstić information content (AvgIpc) is 2.29. The predicted molar refractivity (Wildman–Crippen MR) is 70.1 cm³/mol. The first-order chi connectivity index (χ1) is 7.95. The van der Waals surface area contributed by atoms with E-state index >= 15 is 0 Å². The molecule has 0 aliphatic heterocycles. The van der Waals surface area contributed by atoms with Crippen molar-refractivity contribution < 1.29 is 9.53 Å². The van der Waals surface area contributed by atoms with Gasteiger partial charge < -0.3 is 10.1 Å². The van der Waals surface area contributed by atoms with E-state index in [9.17, 15) is 4.79 Å². The zero-order valence-electron chi connectivity index (χ0n) is 10.6. The summed E-state index contributed by atoms with van der Waals surface area (Å²) >= 11 is 6.07. The fourth-order valence-electron chi connectivity index (χ4n) is 1.38. The Morgan fingerprint density at radius 3 is 2.47 bits per heavy atom. The molecule has 17 heavy (non-hydrogen) atoms. The highest BCUT2D eigenvalue weighted by molar-refractivity contribution is 6.32. The molecule has 1 rings (SSSR count). The van der Waals surface area contributed by atoms with Gasteiger partial charge in [-0.15, -0.1) is 0 Å². The maximum absolute atomic E-state index is 11.9. The van der Waals surface area contributed by atoms with E-state index in [4.69, 9.17) is 16.3 Å².